The van der Waals surface area contributed by atoms with Crippen molar-refractivity contribution in [2.45, 2.75) is 18.3 Å². The molecule has 1 aliphatic rings. The van der Waals surface area contributed by atoms with Crippen molar-refractivity contribution in [1.82, 2.24) is 0 Å². The highest BCUT2D eigenvalue weighted by Crippen LogP contribution is 2.50. The first-order chi connectivity index (χ1) is 11.5. The summed E-state index contributed by atoms with van der Waals surface area (Å²) >= 11 is 0. The number of carbonyl (C=O) groups excluding carboxylic acids is 1. The van der Waals surface area contributed by atoms with E-state index < -0.39 is 17.0 Å². The fourth-order valence-corrected chi connectivity index (χ4v) is 2.74. The normalized spacial score (nSPS) is 14.8. The number of anilines is 1. The van der Waals surface area contributed by atoms with Gasteiger partial charge in [0.05, 0.1) is 25.3 Å². The molecule has 4 nitrogen and oxygen atoms in total. The van der Waals surface area contributed by atoms with E-state index >= 15 is 0 Å². The number of ether oxygens (including phenoxy) is 2. The Morgan fingerprint density at radius 1 is 1.04 bits per heavy atom. The van der Waals surface area contributed by atoms with Gasteiger partial charge in [-0.2, -0.15) is 0 Å². The Morgan fingerprint density at radius 3 is 2.38 bits per heavy atom. The van der Waals surface area contributed by atoms with E-state index in [4.69, 9.17) is 9.47 Å². The minimum absolute atomic E-state index is 0.160. The van der Waals surface area contributed by atoms with E-state index in [2.05, 4.69) is 5.32 Å². The molecule has 0 atom stereocenters. The molecule has 24 heavy (non-hydrogen) atoms. The molecule has 0 spiro atoms. The molecular formula is C18H17F2NO3. The van der Waals surface area contributed by atoms with Gasteiger partial charge in [-0.3, -0.25) is 4.79 Å². The van der Waals surface area contributed by atoms with Gasteiger partial charge in [0.15, 0.2) is 11.5 Å². The number of methoxy groups -OCH3 is 2. The van der Waals surface area contributed by atoms with E-state index in [-0.39, 0.29) is 11.6 Å². The van der Waals surface area contributed by atoms with Crippen LogP contribution in [0.15, 0.2) is 36.4 Å². The van der Waals surface area contributed by atoms with Gasteiger partial charge in [-0.15, -0.1) is 0 Å². The van der Waals surface area contributed by atoms with Crippen molar-refractivity contribution < 1.29 is 23.0 Å². The predicted molar refractivity (Wildman–Crippen MR) is 85.4 cm³/mol. The van der Waals surface area contributed by atoms with Gasteiger partial charge in [-0.1, -0.05) is 6.07 Å². The molecule has 3 rings (SSSR count). The molecule has 1 aliphatic carbocycles. The topological polar surface area (TPSA) is 47.6 Å². The minimum Gasteiger partial charge on any atom is -0.493 e. The third-order valence-corrected chi connectivity index (χ3v) is 4.30. The van der Waals surface area contributed by atoms with Crippen LogP contribution < -0.4 is 14.8 Å². The summed E-state index contributed by atoms with van der Waals surface area (Å²) in [6.45, 7) is 0. The number of carbonyl (C=O) groups is 1. The van der Waals surface area contributed by atoms with Crippen LogP contribution in [-0.2, 0) is 10.2 Å². The fourth-order valence-electron chi connectivity index (χ4n) is 2.74. The van der Waals surface area contributed by atoms with Crippen molar-refractivity contribution in [3.8, 4) is 11.5 Å². The van der Waals surface area contributed by atoms with Gasteiger partial charge in [0, 0.05) is 6.07 Å². The molecule has 0 bridgehead atoms. The molecule has 1 N–H and O–H groups in total. The Morgan fingerprint density at radius 2 is 1.75 bits per heavy atom. The molecule has 126 valence electrons. The van der Waals surface area contributed by atoms with Gasteiger partial charge < -0.3 is 14.8 Å². The maximum atomic E-state index is 13.7. The van der Waals surface area contributed by atoms with E-state index in [0.717, 1.165) is 23.8 Å². The van der Waals surface area contributed by atoms with Gasteiger partial charge in [-0.05, 0) is 42.7 Å². The molecular weight excluding hydrogens is 316 g/mol. The monoisotopic (exact) mass is 333 g/mol. The molecule has 0 saturated heterocycles. The van der Waals surface area contributed by atoms with Crippen LogP contribution in [0.2, 0.25) is 0 Å². The van der Waals surface area contributed by atoms with Gasteiger partial charge in [0.1, 0.15) is 11.6 Å². The molecule has 1 saturated carbocycles. The number of nitrogens with one attached hydrogen (secondary N) is 1. The van der Waals surface area contributed by atoms with Gasteiger partial charge >= 0.3 is 0 Å². The number of benzene rings is 2. The third kappa shape index (κ3) is 2.79. The second kappa shape index (κ2) is 6.11. The lowest BCUT2D eigenvalue weighted by atomic mass is 9.94. The summed E-state index contributed by atoms with van der Waals surface area (Å²) in [4.78, 5) is 12.6. The Balaban J connectivity index is 1.88. The lowest BCUT2D eigenvalue weighted by molar-refractivity contribution is -0.118. The largest absolute Gasteiger partial charge is 0.493 e. The molecule has 6 heteroatoms. The van der Waals surface area contributed by atoms with Crippen LogP contribution in [0, 0.1) is 11.6 Å². The SMILES string of the molecule is COc1ccc(C2(C(=O)Nc3cc(F)ccc3F)CC2)cc1OC. The predicted octanol–water partition coefficient (Wildman–Crippen LogP) is 3.65. The zero-order valence-corrected chi connectivity index (χ0v) is 13.4. The van der Waals surface area contributed by atoms with Crippen LogP contribution in [0.5, 0.6) is 11.5 Å². The summed E-state index contributed by atoms with van der Waals surface area (Å²) in [6.07, 6.45) is 1.26. The summed E-state index contributed by atoms with van der Waals surface area (Å²) in [5.41, 5.74) is -0.153. The number of amides is 1. The summed E-state index contributed by atoms with van der Waals surface area (Å²) < 4.78 is 37.5. The number of hydrogen-bond donors (Lipinski definition) is 1. The van der Waals surface area contributed by atoms with Crippen LogP contribution >= 0.6 is 0 Å². The number of halogens is 2. The van der Waals surface area contributed by atoms with Crippen LogP contribution in [0.25, 0.3) is 0 Å². The van der Waals surface area contributed by atoms with Crippen molar-refractivity contribution >= 4 is 11.6 Å². The highest BCUT2D eigenvalue weighted by atomic mass is 19.1. The van der Waals surface area contributed by atoms with Crippen molar-refractivity contribution in [2.75, 3.05) is 19.5 Å². The standard InChI is InChI=1S/C18H17F2NO3/c1-23-15-6-3-11(9-16(15)24-2)18(7-8-18)17(22)21-14-10-12(19)4-5-13(14)20/h3-6,9-10H,7-8H2,1-2H3,(H,21,22). The maximum absolute atomic E-state index is 13.7. The van der Waals surface area contributed by atoms with Crippen LogP contribution in [0.4, 0.5) is 14.5 Å². The van der Waals surface area contributed by atoms with Crippen molar-refractivity contribution in [3.63, 3.8) is 0 Å². The molecule has 1 amide bonds. The fraction of sp³-hybridized carbons (Fsp3) is 0.278. The average Bonchev–Trinajstić information content (AvgIpc) is 3.39. The summed E-state index contributed by atoms with van der Waals surface area (Å²) in [7, 11) is 3.05. The Labute approximate surface area is 138 Å². The number of rotatable bonds is 5. The van der Waals surface area contributed by atoms with Crippen molar-refractivity contribution in [3.05, 3.63) is 53.6 Å². The van der Waals surface area contributed by atoms with Gasteiger partial charge in [0.25, 0.3) is 0 Å². The number of hydrogen-bond acceptors (Lipinski definition) is 3. The molecule has 0 aliphatic heterocycles. The molecule has 0 heterocycles. The van der Waals surface area contributed by atoms with E-state index in [9.17, 15) is 13.6 Å². The zero-order chi connectivity index (χ0) is 17.3. The van der Waals surface area contributed by atoms with E-state index in [1.807, 2.05) is 0 Å². The van der Waals surface area contributed by atoms with Crippen molar-refractivity contribution in [2.24, 2.45) is 0 Å². The molecule has 0 unspecified atom stereocenters. The molecule has 1 fully saturated rings. The highest BCUT2D eigenvalue weighted by Gasteiger charge is 2.51. The molecule has 2 aromatic carbocycles. The van der Waals surface area contributed by atoms with E-state index in [1.54, 1.807) is 18.2 Å². The third-order valence-electron chi connectivity index (χ3n) is 4.30. The quantitative estimate of drug-likeness (QED) is 0.908. The molecule has 2 aromatic rings. The van der Waals surface area contributed by atoms with Gasteiger partial charge in [0.2, 0.25) is 5.91 Å². The summed E-state index contributed by atoms with van der Waals surface area (Å²) in [5.74, 6) is -0.561. The van der Waals surface area contributed by atoms with Crippen molar-refractivity contribution in [1.29, 1.82) is 0 Å². The molecule has 0 aromatic heterocycles. The zero-order valence-electron chi connectivity index (χ0n) is 13.4. The molecule has 0 radical (unpaired) electrons. The van der Waals surface area contributed by atoms with E-state index in [0.29, 0.717) is 24.3 Å². The lowest BCUT2D eigenvalue weighted by Crippen LogP contribution is -2.28. The minimum atomic E-state index is -0.752. The Bertz CT molecular complexity index is 788. The van der Waals surface area contributed by atoms with Crippen LogP contribution in [-0.4, -0.2) is 20.1 Å². The van der Waals surface area contributed by atoms with Crippen LogP contribution in [0.1, 0.15) is 18.4 Å². The van der Waals surface area contributed by atoms with Gasteiger partial charge in [-0.25, -0.2) is 8.78 Å². The lowest BCUT2D eigenvalue weighted by Gasteiger charge is -2.18. The maximum Gasteiger partial charge on any atom is 0.235 e. The van der Waals surface area contributed by atoms with E-state index in [1.165, 1.54) is 14.2 Å². The Hall–Kier alpha value is -2.63. The second-order valence-corrected chi connectivity index (χ2v) is 5.73. The summed E-state index contributed by atoms with van der Waals surface area (Å²) in [5, 5.41) is 2.49. The first-order valence-electron chi connectivity index (χ1n) is 7.49. The van der Waals surface area contributed by atoms with Crippen LogP contribution in [0.3, 0.4) is 0 Å². The summed E-state index contributed by atoms with van der Waals surface area (Å²) in [6, 6.07) is 8.22. The smallest absolute Gasteiger partial charge is 0.235 e. The highest BCUT2D eigenvalue weighted by molar-refractivity contribution is 6.01. The Kier molecular flexibility index (Phi) is 4.13. The first kappa shape index (κ1) is 16.2. The second-order valence-electron chi connectivity index (χ2n) is 5.73. The average molecular weight is 333 g/mol. The first-order valence-corrected chi connectivity index (χ1v) is 7.49.